The van der Waals surface area contributed by atoms with Gasteiger partial charge in [0.1, 0.15) is 0 Å². The van der Waals surface area contributed by atoms with E-state index in [0.717, 1.165) is 11.3 Å². The van der Waals surface area contributed by atoms with E-state index in [2.05, 4.69) is 29.8 Å². The van der Waals surface area contributed by atoms with Crippen molar-refractivity contribution in [3.63, 3.8) is 0 Å². The second-order valence-electron chi connectivity index (χ2n) is 3.62. The predicted octanol–water partition coefficient (Wildman–Crippen LogP) is 3.79. The van der Waals surface area contributed by atoms with E-state index in [1.807, 2.05) is 29.6 Å². The van der Waals surface area contributed by atoms with Crippen LogP contribution in [-0.2, 0) is 0 Å². The zero-order valence-electron chi connectivity index (χ0n) is 8.97. The number of thiophene rings is 1. The molecule has 80 valence electrons. The molecule has 0 aliphatic carbocycles. The van der Waals surface area contributed by atoms with E-state index in [1.54, 1.807) is 11.3 Å². The van der Waals surface area contributed by atoms with Crippen LogP contribution in [0.5, 0.6) is 0 Å². The summed E-state index contributed by atoms with van der Waals surface area (Å²) in [5.41, 5.74) is 2.96. The summed E-state index contributed by atoms with van der Waals surface area (Å²) in [7, 11) is 0. The fourth-order valence-corrected chi connectivity index (χ4v) is 2.15. The molecule has 0 bridgehead atoms. The lowest BCUT2D eigenvalue weighted by Crippen LogP contribution is -2.05. The highest BCUT2D eigenvalue weighted by Gasteiger charge is 2.05. The number of nitrogens with zero attached hydrogens (tertiary/aromatic N) is 1. The first-order chi connectivity index (χ1) is 7.79. The van der Waals surface area contributed by atoms with E-state index in [4.69, 9.17) is 5.26 Å². The smallest absolute Gasteiger partial charge is 0.0991 e. The standard InChI is InChI=1S/C13H12N2S/c1-10(15-13-5-6-16-9-13)12-4-2-3-11(7-12)8-14/h2-7,9-10,15H,1H3. The largest absolute Gasteiger partial charge is 0.378 e. The van der Waals surface area contributed by atoms with E-state index in [-0.39, 0.29) is 6.04 Å². The van der Waals surface area contributed by atoms with Crippen LogP contribution >= 0.6 is 11.3 Å². The number of hydrogen-bond acceptors (Lipinski definition) is 3. The summed E-state index contributed by atoms with van der Waals surface area (Å²) in [6, 6.07) is 12.1. The van der Waals surface area contributed by atoms with Gasteiger partial charge in [-0.25, -0.2) is 0 Å². The first-order valence-electron chi connectivity index (χ1n) is 5.08. The average molecular weight is 228 g/mol. The van der Waals surface area contributed by atoms with Crippen LogP contribution in [0.2, 0.25) is 0 Å². The van der Waals surface area contributed by atoms with Gasteiger partial charge in [-0.2, -0.15) is 16.6 Å². The Bertz CT molecular complexity index is 497. The van der Waals surface area contributed by atoms with Gasteiger partial charge in [0.25, 0.3) is 0 Å². The Kier molecular flexibility index (Phi) is 3.23. The Labute approximate surface area is 99.2 Å². The number of benzene rings is 1. The molecule has 0 amide bonds. The average Bonchev–Trinajstić information content (AvgIpc) is 2.82. The molecule has 1 unspecified atom stereocenters. The Hall–Kier alpha value is -1.79. The van der Waals surface area contributed by atoms with Crippen molar-refractivity contribution in [3.8, 4) is 6.07 Å². The highest BCUT2D eigenvalue weighted by Crippen LogP contribution is 2.21. The third-order valence-corrected chi connectivity index (χ3v) is 3.10. The highest BCUT2D eigenvalue weighted by atomic mass is 32.1. The minimum Gasteiger partial charge on any atom is -0.378 e. The quantitative estimate of drug-likeness (QED) is 0.867. The summed E-state index contributed by atoms with van der Waals surface area (Å²) in [4.78, 5) is 0. The minimum absolute atomic E-state index is 0.211. The minimum atomic E-state index is 0.211. The number of nitrogens with one attached hydrogen (secondary N) is 1. The van der Waals surface area contributed by atoms with Gasteiger partial charge in [-0.05, 0) is 36.1 Å². The maximum atomic E-state index is 8.83. The summed E-state index contributed by atoms with van der Waals surface area (Å²) in [6.45, 7) is 2.09. The fraction of sp³-hybridized carbons (Fsp3) is 0.154. The van der Waals surface area contributed by atoms with Crippen molar-refractivity contribution in [1.82, 2.24) is 0 Å². The topological polar surface area (TPSA) is 35.8 Å². The first-order valence-corrected chi connectivity index (χ1v) is 6.02. The third-order valence-electron chi connectivity index (χ3n) is 2.42. The van der Waals surface area contributed by atoms with Crippen LogP contribution in [-0.4, -0.2) is 0 Å². The van der Waals surface area contributed by atoms with E-state index < -0.39 is 0 Å². The highest BCUT2D eigenvalue weighted by molar-refractivity contribution is 7.08. The van der Waals surface area contributed by atoms with Gasteiger partial charge in [0.15, 0.2) is 0 Å². The van der Waals surface area contributed by atoms with Crippen molar-refractivity contribution < 1.29 is 0 Å². The zero-order valence-corrected chi connectivity index (χ0v) is 9.79. The SMILES string of the molecule is CC(Nc1ccsc1)c1cccc(C#N)c1. The van der Waals surface area contributed by atoms with Gasteiger partial charge in [0, 0.05) is 17.1 Å². The summed E-state index contributed by atoms with van der Waals surface area (Å²) in [5.74, 6) is 0. The molecule has 1 aromatic carbocycles. The van der Waals surface area contributed by atoms with E-state index >= 15 is 0 Å². The zero-order chi connectivity index (χ0) is 11.4. The van der Waals surface area contributed by atoms with Gasteiger partial charge in [-0.1, -0.05) is 12.1 Å². The van der Waals surface area contributed by atoms with Crippen molar-refractivity contribution in [2.24, 2.45) is 0 Å². The molecule has 0 radical (unpaired) electrons. The monoisotopic (exact) mass is 228 g/mol. The molecule has 2 nitrogen and oxygen atoms in total. The second-order valence-corrected chi connectivity index (χ2v) is 4.40. The lowest BCUT2D eigenvalue weighted by Gasteiger charge is -2.14. The Morgan fingerprint density at radius 3 is 2.94 bits per heavy atom. The van der Waals surface area contributed by atoms with E-state index in [0.29, 0.717) is 5.56 Å². The third kappa shape index (κ3) is 2.41. The Morgan fingerprint density at radius 1 is 1.38 bits per heavy atom. The van der Waals surface area contributed by atoms with E-state index in [9.17, 15) is 0 Å². The maximum absolute atomic E-state index is 8.83. The molecular formula is C13H12N2S. The number of hydrogen-bond donors (Lipinski definition) is 1. The number of rotatable bonds is 3. The van der Waals surface area contributed by atoms with E-state index in [1.165, 1.54) is 0 Å². The molecule has 2 rings (SSSR count). The molecule has 1 heterocycles. The molecule has 0 aliphatic heterocycles. The second kappa shape index (κ2) is 4.82. The molecular weight excluding hydrogens is 216 g/mol. The van der Waals surface area contributed by atoms with Crippen LogP contribution in [0.1, 0.15) is 24.1 Å². The molecule has 1 aromatic heterocycles. The molecule has 2 aromatic rings. The Balaban J connectivity index is 2.15. The molecule has 1 atom stereocenters. The lowest BCUT2D eigenvalue weighted by molar-refractivity contribution is 0.885. The van der Waals surface area contributed by atoms with Crippen LogP contribution in [0.3, 0.4) is 0 Å². The van der Waals surface area contributed by atoms with Crippen LogP contribution in [0.15, 0.2) is 41.1 Å². The summed E-state index contributed by atoms with van der Waals surface area (Å²) in [5, 5.41) is 16.3. The molecule has 0 aliphatic rings. The van der Waals surface area contributed by atoms with Gasteiger partial charge >= 0.3 is 0 Å². The molecule has 0 saturated carbocycles. The number of nitriles is 1. The predicted molar refractivity (Wildman–Crippen MR) is 67.5 cm³/mol. The van der Waals surface area contributed by atoms with Gasteiger partial charge in [-0.15, -0.1) is 0 Å². The van der Waals surface area contributed by atoms with Crippen molar-refractivity contribution in [2.75, 3.05) is 5.32 Å². The normalized spacial score (nSPS) is 11.8. The molecule has 0 spiro atoms. The molecule has 16 heavy (non-hydrogen) atoms. The van der Waals surface area contributed by atoms with Crippen molar-refractivity contribution in [2.45, 2.75) is 13.0 Å². The Morgan fingerprint density at radius 2 is 2.25 bits per heavy atom. The van der Waals surface area contributed by atoms with Gasteiger partial charge in [0.2, 0.25) is 0 Å². The van der Waals surface area contributed by atoms with Crippen LogP contribution in [0.4, 0.5) is 5.69 Å². The van der Waals surface area contributed by atoms with Gasteiger partial charge < -0.3 is 5.32 Å². The van der Waals surface area contributed by atoms with Gasteiger partial charge in [0.05, 0.1) is 11.6 Å². The maximum Gasteiger partial charge on any atom is 0.0991 e. The van der Waals surface area contributed by atoms with Gasteiger partial charge in [-0.3, -0.25) is 0 Å². The fourth-order valence-electron chi connectivity index (χ4n) is 1.56. The van der Waals surface area contributed by atoms with Crippen molar-refractivity contribution >= 4 is 17.0 Å². The molecule has 0 fully saturated rings. The van der Waals surface area contributed by atoms with Crippen LogP contribution in [0.25, 0.3) is 0 Å². The molecule has 3 heteroatoms. The van der Waals surface area contributed by atoms with Crippen LogP contribution < -0.4 is 5.32 Å². The summed E-state index contributed by atoms with van der Waals surface area (Å²) in [6.07, 6.45) is 0. The summed E-state index contributed by atoms with van der Waals surface area (Å²) >= 11 is 1.67. The molecule has 0 saturated heterocycles. The lowest BCUT2D eigenvalue weighted by atomic mass is 10.1. The summed E-state index contributed by atoms with van der Waals surface area (Å²) < 4.78 is 0. The van der Waals surface area contributed by atoms with Crippen molar-refractivity contribution in [3.05, 3.63) is 52.2 Å². The number of anilines is 1. The first kappa shape index (κ1) is 10.7. The van der Waals surface area contributed by atoms with Crippen LogP contribution in [0, 0.1) is 11.3 Å². The van der Waals surface area contributed by atoms with Crippen molar-refractivity contribution in [1.29, 1.82) is 5.26 Å². The molecule has 1 N–H and O–H groups in total.